The van der Waals surface area contributed by atoms with Crippen LogP contribution in [0.2, 0.25) is 0 Å². The Balaban J connectivity index is 1.85. The van der Waals surface area contributed by atoms with Crippen molar-refractivity contribution in [1.29, 1.82) is 0 Å². The lowest BCUT2D eigenvalue weighted by Gasteiger charge is -2.06. The van der Waals surface area contributed by atoms with Gasteiger partial charge in [0.15, 0.2) is 6.61 Å². The number of nitrogens with zero attached hydrogens (tertiary/aromatic N) is 1. The first kappa shape index (κ1) is 17.0. The summed E-state index contributed by atoms with van der Waals surface area (Å²) in [6.45, 7) is -0.364. The van der Waals surface area contributed by atoms with E-state index in [2.05, 4.69) is 15.8 Å². The molecule has 0 spiro atoms. The number of amides is 1. The molecular weight excluding hydrogens is 310 g/mol. The second kappa shape index (κ2) is 8.94. The van der Waals surface area contributed by atoms with E-state index in [4.69, 9.17) is 9.84 Å². The lowest BCUT2D eigenvalue weighted by atomic mass is 10.2. The highest BCUT2D eigenvalue weighted by Crippen LogP contribution is 2.15. The molecule has 0 aliphatic heterocycles. The fourth-order valence-electron chi connectivity index (χ4n) is 1.81. The Hall–Kier alpha value is -3.35. The van der Waals surface area contributed by atoms with Gasteiger partial charge in [0, 0.05) is 11.3 Å². The minimum Gasteiger partial charge on any atom is -0.481 e. The number of hydrogen-bond donors (Lipinski definition) is 3. The molecule has 0 radical (unpaired) electrons. The summed E-state index contributed by atoms with van der Waals surface area (Å²) in [5.74, 6) is -0.999. The van der Waals surface area contributed by atoms with Crippen molar-refractivity contribution in [2.24, 2.45) is 5.10 Å². The summed E-state index contributed by atoms with van der Waals surface area (Å²) in [6.07, 6.45) is 1.40. The van der Waals surface area contributed by atoms with E-state index in [0.29, 0.717) is 11.3 Å². The van der Waals surface area contributed by atoms with Crippen LogP contribution < -0.4 is 15.5 Å². The summed E-state index contributed by atoms with van der Waals surface area (Å²) in [5.41, 5.74) is 3.79. The maximum atomic E-state index is 11.7. The Morgan fingerprint density at radius 1 is 1.08 bits per heavy atom. The second-order valence-electron chi connectivity index (χ2n) is 4.73. The Kier molecular flexibility index (Phi) is 6.34. The number of carboxylic acids is 1. The number of carboxylic acid groups (broad SMARTS) is 1. The van der Waals surface area contributed by atoms with Crippen LogP contribution in [0.25, 0.3) is 0 Å². The zero-order valence-corrected chi connectivity index (χ0v) is 12.8. The number of hydrazone groups is 1. The van der Waals surface area contributed by atoms with Crippen molar-refractivity contribution in [3.63, 3.8) is 0 Å². The highest BCUT2D eigenvalue weighted by molar-refractivity contribution is 5.86. The molecule has 0 bridgehead atoms. The number of anilines is 1. The summed E-state index contributed by atoms with van der Waals surface area (Å²) in [5, 5.41) is 15.5. The number of hydrogen-bond acceptors (Lipinski definition) is 5. The number of carbonyl (C=O) groups is 2. The summed E-state index contributed by atoms with van der Waals surface area (Å²) in [6, 6.07) is 16.1. The van der Waals surface area contributed by atoms with Gasteiger partial charge in [0.1, 0.15) is 5.75 Å². The van der Waals surface area contributed by atoms with Crippen LogP contribution in [0.4, 0.5) is 5.69 Å². The van der Waals surface area contributed by atoms with E-state index >= 15 is 0 Å². The van der Waals surface area contributed by atoms with Crippen LogP contribution >= 0.6 is 0 Å². The van der Waals surface area contributed by atoms with Gasteiger partial charge in [0.2, 0.25) is 0 Å². The van der Waals surface area contributed by atoms with Gasteiger partial charge in [-0.1, -0.05) is 30.3 Å². The third-order valence-corrected chi connectivity index (χ3v) is 2.89. The van der Waals surface area contributed by atoms with E-state index in [1.54, 1.807) is 24.3 Å². The standard InChI is InChI=1S/C17H17N3O4/c21-16(11-18-14-7-2-1-3-8-14)20-19-10-13-6-4-5-9-15(13)24-12-17(22)23/h1-10,18H,11-12H2,(H,20,21)(H,22,23)/b19-10+. The van der Waals surface area contributed by atoms with Crippen LogP contribution in [-0.4, -0.2) is 36.3 Å². The van der Waals surface area contributed by atoms with Crippen LogP contribution in [0.5, 0.6) is 5.75 Å². The number of para-hydroxylation sites is 2. The summed E-state index contributed by atoms with van der Waals surface area (Å²) < 4.78 is 5.15. The van der Waals surface area contributed by atoms with Crippen molar-refractivity contribution < 1.29 is 19.4 Å². The highest BCUT2D eigenvalue weighted by atomic mass is 16.5. The molecule has 0 unspecified atom stereocenters. The first-order valence-corrected chi connectivity index (χ1v) is 7.19. The molecule has 7 heteroatoms. The van der Waals surface area contributed by atoms with Gasteiger partial charge in [-0.15, -0.1) is 0 Å². The third-order valence-electron chi connectivity index (χ3n) is 2.89. The van der Waals surface area contributed by atoms with Crippen LogP contribution in [0, 0.1) is 0 Å². The number of ether oxygens (including phenoxy) is 1. The number of benzene rings is 2. The maximum Gasteiger partial charge on any atom is 0.341 e. The van der Waals surface area contributed by atoms with Gasteiger partial charge in [0.25, 0.3) is 5.91 Å². The second-order valence-corrected chi connectivity index (χ2v) is 4.73. The molecule has 7 nitrogen and oxygen atoms in total. The first-order chi connectivity index (χ1) is 11.6. The Morgan fingerprint density at radius 2 is 1.79 bits per heavy atom. The predicted molar refractivity (Wildman–Crippen MR) is 90.2 cm³/mol. The quantitative estimate of drug-likeness (QED) is 0.506. The molecule has 24 heavy (non-hydrogen) atoms. The number of aliphatic carboxylic acids is 1. The minimum absolute atomic E-state index is 0.0819. The van der Waals surface area contributed by atoms with Crippen LogP contribution in [-0.2, 0) is 9.59 Å². The van der Waals surface area contributed by atoms with Crippen molar-refractivity contribution in [1.82, 2.24) is 5.43 Å². The molecule has 2 rings (SSSR count). The van der Waals surface area contributed by atoms with Crippen molar-refractivity contribution in [2.45, 2.75) is 0 Å². The van der Waals surface area contributed by atoms with Crippen LogP contribution in [0.15, 0.2) is 59.7 Å². The van der Waals surface area contributed by atoms with Gasteiger partial charge < -0.3 is 15.2 Å². The Bertz CT molecular complexity index is 717. The number of nitrogens with one attached hydrogen (secondary N) is 2. The molecule has 0 aromatic heterocycles. The average molecular weight is 327 g/mol. The normalized spacial score (nSPS) is 10.3. The van der Waals surface area contributed by atoms with E-state index in [1.807, 2.05) is 30.3 Å². The lowest BCUT2D eigenvalue weighted by molar-refractivity contribution is -0.139. The fraction of sp³-hybridized carbons (Fsp3) is 0.118. The number of carbonyl (C=O) groups excluding carboxylic acids is 1. The van der Waals surface area contributed by atoms with Gasteiger partial charge in [-0.25, -0.2) is 10.2 Å². The molecule has 2 aromatic carbocycles. The largest absolute Gasteiger partial charge is 0.481 e. The number of rotatable bonds is 8. The molecule has 3 N–H and O–H groups in total. The highest BCUT2D eigenvalue weighted by Gasteiger charge is 2.04. The van der Waals surface area contributed by atoms with E-state index in [-0.39, 0.29) is 12.5 Å². The summed E-state index contributed by atoms with van der Waals surface area (Å²) >= 11 is 0. The molecule has 124 valence electrons. The van der Waals surface area contributed by atoms with E-state index in [0.717, 1.165) is 5.69 Å². The molecular formula is C17H17N3O4. The zero-order chi connectivity index (χ0) is 17.2. The van der Waals surface area contributed by atoms with Crippen molar-refractivity contribution in [3.05, 3.63) is 60.2 Å². The average Bonchev–Trinajstić information content (AvgIpc) is 2.60. The van der Waals surface area contributed by atoms with Gasteiger partial charge in [-0.05, 0) is 24.3 Å². The maximum absolute atomic E-state index is 11.7. The molecule has 0 fully saturated rings. The topological polar surface area (TPSA) is 100 Å². The van der Waals surface area contributed by atoms with Gasteiger partial charge in [-0.2, -0.15) is 5.10 Å². The van der Waals surface area contributed by atoms with E-state index < -0.39 is 12.6 Å². The molecule has 0 saturated heterocycles. The lowest BCUT2D eigenvalue weighted by Crippen LogP contribution is -2.25. The van der Waals surface area contributed by atoms with Gasteiger partial charge in [-0.3, -0.25) is 4.79 Å². The Morgan fingerprint density at radius 3 is 2.54 bits per heavy atom. The molecule has 0 heterocycles. The molecule has 0 aliphatic carbocycles. The molecule has 0 aliphatic rings. The first-order valence-electron chi connectivity index (χ1n) is 7.19. The molecule has 1 amide bonds. The molecule has 0 atom stereocenters. The SMILES string of the molecule is O=C(O)COc1ccccc1/C=N/NC(=O)CNc1ccccc1. The molecule has 2 aromatic rings. The van der Waals surface area contributed by atoms with E-state index in [1.165, 1.54) is 6.21 Å². The summed E-state index contributed by atoms with van der Waals surface area (Å²) in [7, 11) is 0. The van der Waals surface area contributed by atoms with Crippen LogP contribution in [0.3, 0.4) is 0 Å². The molecule has 0 saturated carbocycles. The van der Waals surface area contributed by atoms with Crippen LogP contribution in [0.1, 0.15) is 5.56 Å². The van der Waals surface area contributed by atoms with Crippen molar-refractivity contribution in [3.8, 4) is 5.75 Å². The van der Waals surface area contributed by atoms with Crippen molar-refractivity contribution >= 4 is 23.8 Å². The summed E-state index contributed by atoms with van der Waals surface area (Å²) in [4.78, 5) is 22.3. The van der Waals surface area contributed by atoms with Gasteiger partial charge >= 0.3 is 5.97 Å². The Labute approximate surface area is 139 Å². The van der Waals surface area contributed by atoms with Gasteiger partial charge in [0.05, 0.1) is 12.8 Å². The monoisotopic (exact) mass is 327 g/mol. The third kappa shape index (κ3) is 5.80. The van der Waals surface area contributed by atoms with E-state index in [9.17, 15) is 9.59 Å². The minimum atomic E-state index is -1.07. The predicted octanol–water partition coefficient (Wildman–Crippen LogP) is 1.71. The van der Waals surface area contributed by atoms with Crippen molar-refractivity contribution in [2.75, 3.05) is 18.5 Å². The fourth-order valence-corrected chi connectivity index (χ4v) is 1.81. The smallest absolute Gasteiger partial charge is 0.341 e. The zero-order valence-electron chi connectivity index (χ0n) is 12.8.